The van der Waals surface area contributed by atoms with E-state index in [4.69, 9.17) is 0 Å². The van der Waals surface area contributed by atoms with Crippen LogP contribution in [0, 0.1) is 12.3 Å². The summed E-state index contributed by atoms with van der Waals surface area (Å²) in [6, 6.07) is 2.18. The molecule has 3 N–H and O–H groups in total. The van der Waals surface area contributed by atoms with Crippen molar-refractivity contribution in [3.05, 3.63) is 23.1 Å². The van der Waals surface area contributed by atoms with Gasteiger partial charge in [-0.05, 0) is 44.7 Å². The SMILES string of the molecule is Cc1c(C(=O)Nc2cc(CC(C)(C)C)[nH]n2)nnn1C1CCNCC1. The highest BCUT2D eigenvalue weighted by Crippen LogP contribution is 2.22. The summed E-state index contributed by atoms with van der Waals surface area (Å²) in [5, 5.41) is 21.6. The molecule has 8 heteroatoms. The average molecular weight is 345 g/mol. The van der Waals surface area contributed by atoms with Crippen molar-refractivity contribution in [2.45, 2.75) is 53.0 Å². The molecule has 8 nitrogen and oxygen atoms in total. The first-order chi connectivity index (χ1) is 11.8. The summed E-state index contributed by atoms with van der Waals surface area (Å²) in [5.74, 6) is 0.242. The number of amides is 1. The number of nitrogens with zero attached hydrogens (tertiary/aromatic N) is 4. The minimum Gasteiger partial charge on any atom is -0.317 e. The molecule has 0 aromatic carbocycles. The van der Waals surface area contributed by atoms with Crippen LogP contribution in [-0.2, 0) is 6.42 Å². The first-order valence-electron chi connectivity index (χ1n) is 8.81. The van der Waals surface area contributed by atoms with Crippen LogP contribution in [0.3, 0.4) is 0 Å². The van der Waals surface area contributed by atoms with Gasteiger partial charge in [0, 0.05) is 11.8 Å². The number of aromatic amines is 1. The third-order valence-electron chi connectivity index (χ3n) is 4.39. The largest absolute Gasteiger partial charge is 0.317 e. The molecule has 3 rings (SSSR count). The number of anilines is 1. The van der Waals surface area contributed by atoms with Crippen LogP contribution in [-0.4, -0.2) is 44.2 Å². The summed E-state index contributed by atoms with van der Waals surface area (Å²) >= 11 is 0. The number of rotatable bonds is 4. The van der Waals surface area contributed by atoms with E-state index >= 15 is 0 Å². The Morgan fingerprint density at radius 2 is 2.08 bits per heavy atom. The van der Waals surface area contributed by atoms with Crippen molar-refractivity contribution in [3.8, 4) is 0 Å². The van der Waals surface area contributed by atoms with E-state index in [1.54, 1.807) is 0 Å². The van der Waals surface area contributed by atoms with Crippen molar-refractivity contribution >= 4 is 11.7 Å². The minimum atomic E-state index is -0.272. The number of carbonyl (C=O) groups is 1. The smallest absolute Gasteiger partial charge is 0.279 e. The molecule has 0 aliphatic carbocycles. The van der Waals surface area contributed by atoms with E-state index in [0.29, 0.717) is 17.6 Å². The average Bonchev–Trinajstić information content (AvgIpc) is 3.13. The molecule has 2 aromatic rings. The Bertz CT molecular complexity index is 735. The highest BCUT2D eigenvalue weighted by molar-refractivity contribution is 6.03. The number of hydrogen-bond donors (Lipinski definition) is 3. The molecule has 1 amide bonds. The van der Waals surface area contributed by atoms with Gasteiger partial charge in [0.2, 0.25) is 0 Å². The van der Waals surface area contributed by atoms with Crippen molar-refractivity contribution in [3.63, 3.8) is 0 Å². The molecule has 0 saturated carbocycles. The number of nitrogens with one attached hydrogen (secondary N) is 3. The molecular weight excluding hydrogens is 318 g/mol. The topological polar surface area (TPSA) is 101 Å². The Hall–Kier alpha value is -2.22. The summed E-state index contributed by atoms with van der Waals surface area (Å²) in [6.07, 6.45) is 2.86. The number of hydrogen-bond acceptors (Lipinski definition) is 5. The van der Waals surface area contributed by atoms with Crippen molar-refractivity contribution in [2.24, 2.45) is 5.41 Å². The molecule has 3 heterocycles. The molecule has 1 aliphatic heterocycles. The number of carbonyl (C=O) groups excluding carboxylic acids is 1. The van der Waals surface area contributed by atoms with Gasteiger partial charge < -0.3 is 10.6 Å². The number of aromatic nitrogens is 5. The quantitative estimate of drug-likeness (QED) is 0.787. The van der Waals surface area contributed by atoms with Crippen molar-refractivity contribution < 1.29 is 4.79 Å². The molecule has 0 bridgehead atoms. The normalized spacial score (nSPS) is 16.2. The second-order valence-corrected chi connectivity index (χ2v) is 7.92. The minimum absolute atomic E-state index is 0.155. The van der Waals surface area contributed by atoms with Crippen molar-refractivity contribution in [2.75, 3.05) is 18.4 Å². The van der Waals surface area contributed by atoms with Crippen LogP contribution in [0.15, 0.2) is 6.07 Å². The Kier molecular flexibility index (Phi) is 4.89. The maximum absolute atomic E-state index is 12.5. The Morgan fingerprint density at radius 1 is 1.36 bits per heavy atom. The number of H-pyrrole nitrogens is 1. The first-order valence-corrected chi connectivity index (χ1v) is 8.81. The number of piperidine rings is 1. The lowest BCUT2D eigenvalue weighted by atomic mass is 9.91. The van der Waals surface area contributed by atoms with Gasteiger partial charge >= 0.3 is 0 Å². The molecule has 0 atom stereocenters. The van der Waals surface area contributed by atoms with E-state index in [2.05, 4.69) is 51.9 Å². The molecule has 136 valence electrons. The van der Waals surface area contributed by atoms with E-state index in [0.717, 1.165) is 43.7 Å². The predicted molar refractivity (Wildman–Crippen MR) is 95.6 cm³/mol. The maximum atomic E-state index is 12.5. The fourth-order valence-corrected chi connectivity index (χ4v) is 3.21. The lowest BCUT2D eigenvalue weighted by Gasteiger charge is -2.23. The molecular formula is C17H27N7O. The highest BCUT2D eigenvalue weighted by atomic mass is 16.2. The van der Waals surface area contributed by atoms with Gasteiger partial charge in [0.15, 0.2) is 11.5 Å². The van der Waals surface area contributed by atoms with E-state index in [-0.39, 0.29) is 11.3 Å². The lowest BCUT2D eigenvalue weighted by Crippen LogP contribution is -2.30. The van der Waals surface area contributed by atoms with E-state index in [1.165, 1.54) is 0 Å². The van der Waals surface area contributed by atoms with Crippen LogP contribution >= 0.6 is 0 Å². The fourth-order valence-electron chi connectivity index (χ4n) is 3.21. The summed E-state index contributed by atoms with van der Waals surface area (Å²) in [6.45, 7) is 10.3. The van der Waals surface area contributed by atoms with Gasteiger partial charge in [-0.15, -0.1) is 5.10 Å². The fraction of sp³-hybridized carbons (Fsp3) is 0.647. The molecule has 2 aromatic heterocycles. The zero-order valence-electron chi connectivity index (χ0n) is 15.4. The van der Waals surface area contributed by atoms with Crippen LogP contribution in [0.2, 0.25) is 0 Å². The molecule has 1 fully saturated rings. The van der Waals surface area contributed by atoms with Gasteiger partial charge in [-0.1, -0.05) is 26.0 Å². The second kappa shape index (κ2) is 6.95. The van der Waals surface area contributed by atoms with Crippen LogP contribution in [0.4, 0.5) is 5.82 Å². The van der Waals surface area contributed by atoms with Crippen molar-refractivity contribution in [1.82, 2.24) is 30.5 Å². The molecule has 0 unspecified atom stereocenters. The summed E-state index contributed by atoms with van der Waals surface area (Å²) in [4.78, 5) is 12.5. The summed E-state index contributed by atoms with van der Waals surface area (Å²) < 4.78 is 1.88. The maximum Gasteiger partial charge on any atom is 0.279 e. The second-order valence-electron chi connectivity index (χ2n) is 7.92. The Labute approximate surface area is 147 Å². The lowest BCUT2D eigenvalue weighted by molar-refractivity contribution is 0.102. The monoisotopic (exact) mass is 345 g/mol. The van der Waals surface area contributed by atoms with Gasteiger partial charge in [-0.25, -0.2) is 4.68 Å². The molecule has 1 aliphatic rings. The van der Waals surface area contributed by atoms with Gasteiger partial charge in [0.25, 0.3) is 5.91 Å². The van der Waals surface area contributed by atoms with Crippen LogP contribution in [0.25, 0.3) is 0 Å². The van der Waals surface area contributed by atoms with E-state index in [9.17, 15) is 4.79 Å². The van der Waals surface area contributed by atoms with Crippen molar-refractivity contribution in [1.29, 1.82) is 0 Å². The zero-order valence-corrected chi connectivity index (χ0v) is 15.4. The first kappa shape index (κ1) is 17.6. The van der Waals surface area contributed by atoms with E-state index in [1.807, 2.05) is 17.7 Å². The van der Waals surface area contributed by atoms with E-state index < -0.39 is 0 Å². The van der Waals surface area contributed by atoms with Gasteiger partial charge in [0.05, 0.1) is 11.7 Å². The Morgan fingerprint density at radius 3 is 2.76 bits per heavy atom. The van der Waals surface area contributed by atoms with Gasteiger partial charge in [-0.3, -0.25) is 9.89 Å². The van der Waals surface area contributed by atoms with Crippen LogP contribution < -0.4 is 10.6 Å². The van der Waals surface area contributed by atoms with Gasteiger partial charge in [-0.2, -0.15) is 5.10 Å². The van der Waals surface area contributed by atoms with Crippen LogP contribution in [0.1, 0.15) is 61.5 Å². The third kappa shape index (κ3) is 4.25. The zero-order chi connectivity index (χ0) is 18.0. The standard InChI is InChI=1S/C17H27N7O/c1-11-15(22-23-24(11)13-5-7-18-8-6-13)16(25)19-14-9-12(20-21-14)10-17(2,3)4/h9,13,18H,5-8,10H2,1-4H3,(H2,19,20,21,25). The summed E-state index contributed by atoms with van der Waals surface area (Å²) in [5.41, 5.74) is 2.31. The van der Waals surface area contributed by atoms with Gasteiger partial charge in [0.1, 0.15) is 0 Å². The van der Waals surface area contributed by atoms with Crippen LogP contribution in [0.5, 0.6) is 0 Å². The molecule has 0 spiro atoms. The molecule has 25 heavy (non-hydrogen) atoms. The molecule has 0 radical (unpaired) electrons. The summed E-state index contributed by atoms with van der Waals surface area (Å²) in [7, 11) is 0. The third-order valence-corrected chi connectivity index (χ3v) is 4.39. The predicted octanol–water partition coefficient (Wildman–Crippen LogP) is 2.08. The Balaban J connectivity index is 1.68. The highest BCUT2D eigenvalue weighted by Gasteiger charge is 2.23. The molecule has 1 saturated heterocycles.